The van der Waals surface area contributed by atoms with Crippen LogP contribution in [0.3, 0.4) is 0 Å². The van der Waals surface area contributed by atoms with E-state index in [1.165, 1.54) is 24.9 Å². The molecule has 0 spiro atoms. The molecule has 4 aromatic rings. The fourth-order valence-electron chi connectivity index (χ4n) is 4.71. The summed E-state index contributed by atoms with van der Waals surface area (Å²) in [5.74, 6) is 0.728. The van der Waals surface area contributed by atoms with E-state index >= 15 is 0 Å². The number of imidazole rings is 1. The maximum atomic E-state index is 5.00. The van der Waals surface area contributed by atoms with Crippen LogP contribution in [0, 0.1) is 0 Å². The normalized spacial score (nSPS) is 15.4. The molecule has 0 unspecified atom stereocenters. The van der Waals surface area contributed by atoms with Crippen molar-refractivity contribution in [3.63, 3.8) is 0 Å². The summed E-state index contributed by atoms with van der Waals surface area (Å²) in [4.78, 5) is 15.9. The van der Waals surface area contributed by atoms with Gasteiger partial charge in [0.2, 0.25) is 0 Å². The summed E-state index contributed by atoms with van der Waals surface area (Å²) in [6.07, 6.45) is 9.73. The van der Waals surface area contributed by atoms with Crippen LogP contribution >= 0.6 is 0 Å². The molecule has 3 N–H and O–H groups in total. The van der Waals surface area contributed by atoms with E-state index in [9.17, 15) is 0 Å². The number of fused-ring (bicyclic) bond motifs is 2. The third-order valence-corrected chi connectivity index (χ3v) is 6.41. The van der Waals surface area contributed by atoms with E-state index in [1.807, 2.05) is 25.1 Å². The first kappa shape index (κ1) is 22.9. The topological polar surface area (TPSA) is 85.5 Å². The highest BCUT2D eigenvalue weighted by atomic mass is 15.2. The van der Waals surface area contributed by atoms with Crippen molar-refractivity contribution < 1.29 is 0 Å². The smallest absolute Gasteiger partial charge is 0.161 e. The molecule has 0 amide bonds. The van der Waals surface area contributed by atoms with Crippen LogP contribution in [0.25, 0.3) is 39.2 Å². The lowest BCUT2D eigenvalue weighted by Crippen LogP contribution is -2.29. The molecule has 1 aromatic carbocycles. The molecule has 0 aliphatic carbocycles. The lowest BCUT2D eigenvalue weighted by atomic mass is 10.1. The molecule has 7 nitrogen and oxygen atoms in total. The van der Waals surface area contributed by atoms with Gasteiger partial charge in [-0.25, -0.2) is 9.97 Å². The molecule has 1 fully saturated rings. The molecular weight excluding hydrogens is 434 g/mol. The van der Waals surface area contributed by atoms with Crippen LogP contribution in [-0.2, 0) is 0 Å². The summed E-state index contributed by atoms with van der Waals surface area (Å²) < 4.78 is 0. The maximum Gasteiger partial charge on any atom is 0.161 e. The zero-order valence-electron chi connectivity index (χ0n) is 20.7. The lowest BCUT2D eigenvalue weighted by molar-refractivity contribution is 0.579. The predicted molar refractivity (Wildman–Crippen MR) is 145 cm³/mol. The number of hydrogen-bond donors (Lipinski definition) is 3. The number of aromatic nitrogens is 5. The number of aromatic amines is 2. The molecule has 0 saturated carbocycles. The molecule has 35 heavy (non-hydrogen) atoms. The Morgan fingerprint density at radius 1 is 1.06 bits per heavy atom. The Balaban J connectivity index is 1.55. The number of allylic oxidation sites excluding steroid dienone is 4. The Labute approximate surface area is 206 Å². The highest BCUT2D eigenvalue weighted by Crippen LogP contribution is 2.32. The van der Waals surface area contributed by atoms with E-state index in [0.717, 1.165) is 63.6 Å². The van der Waals surface area contributed by atoms with Crippen molar-refractivity contribution in [3.05, 3.63) is 66.5 Å². The molecule has 0 atom stereocenters. The average molecular weight is 468 g/mol. The number of H-pyrrole nitrogens is 2. The van der Waals surface area contributed by atoms with E-state index in [4.69, 9.17) is 9.97 Å². The number of hydrogen-bond acceptors (Lipinski definition) is 5. The highest BCUT2D eigenvalue weighted by Gasteiger charge is 2.19. The third kappa shape index (κ3) is 4.58. The van der Waals surface area contributed by atoms with Crippen molar-refractivity contribution >= 4 is 33.3 Å². The molecule has 1 aliphatic heterocycles. The van der Waals surface area contributed by atoms with Gasteiger partial charge in [-0.3, -0.25) is 5.10 Å². The largest absolute Gasteiger partial charge is 0.383 e. The van der Waals surface area contributed by atoms with Gasteiger partial charge in [-0.2, -0.15) is 5.10 Å². The van der Waals surface area contributed by atoms with Gasteiger partial charge in [0, 0.05) is 24.8 Å². The number of anilines is 1. The van der Waals surface area contributed by atoms with Gasteiger partial charge in [-0.15, -0.1) is 0 Å². The third-order valence-electron chi connectivity index (χ3n) is 6.41. The van der Waals surface area contributed by atoms with Crippen LogP contribution < -0.4 is 10.2 Å². The van der Waals surface area contributed by atoms with Crippen LogP contribution in [-0.4, -0.2) is 44.3 Å². The van der Waals surface area contributed by atoms with Gasteiger partial charge >= 0.3 is 0 Å². The summed E-state index contributed by atoms with van der Waals surface area (Å²) in [5.41, 5.74) is 8.45. The SMILES string of the molecule is C=C/C(=C\C(=C/C)c1ccc2[nH]nc(-c3nc4c(N5CCCCC5)cccc4[nH]3)c2n1)NC(C)C. The molecule has 3 aromatic heterocycles. The number of pyridine rings is 1. The zero-order chi connectivity index (χ0) is 24.4. The van der Waals surface area contributed by atoms with Gasteiger partial charge in [-0.1, -0.05) is 18.7 Å². The summed E-state index contributed by atoms with van der Waals surface area (Å²) in [6.45, 7) is 12.3. The minimum Gasteiger partial charge on any atom is -0.383 e. The highest BCUT2D eigenvalue weighted by molar-refractivity contribution is 5.95. The molecule has 0 bridgehead atoms. The predicted octanol–water partition coefficient (Wildman–Crippen LogP) is 5.96. The molecular formula is C28H33N7. The summed E-state index contributed by atoms with van der Waals surface area (Å²) >= 11 is 0. The summed E-state index contributed by atoms with van der Waals surface area (Å²) in [7, 11) is 0. The Kier molecular flexibility index (Phi) is 6.40. The Morgan fingerprint density at radius 2 is 1.89 bits per heavy atom. The second-order valence-electron chi connectivity index (χ2n) is 9.32. The number of nitrogens with zero attached hydrogens (tertiary/aromatic N) is 4. The number of rotatable bonds is 7. The monoisotopic (exact) mass is 467 g/mol. The first-order chi connectivity index (χ1) is 17.1. The van der Waals surface area contributed by atoms with Gasteiger partial charge < -0.3 is 15.2 Å². The van der Waals surface area contributed by atoms with Gasteiger partial charge in [0.1, 0.15) is 11.0 Å². The van der Waals surface area contributed by atoms with Gasteiger partial charge in [0.05, 0.1) is 22.4 Å². The molecule has 4 heterocycles. The van der Waals surface area contributed by atoms with Crippen molar-refractivity contribution in [3.8, 4) is 11.5 Å². The van der Waals surface area contributed by atoms with Gasteiger partial charge in [0.15, 0.2) is 11.5 Å². The maximum absolute atomic E-state index is 5.00. The number of piperidine rings is 1. The molecule has 5 rings (SSSR count). The Bertz CT molecular complexity index is 1410. The quantitative estimate of drug-likeness (QED) is 0.292. The van der Waals surface area contributed by atoms with Crippen LogP contribution in [0.15, 0.2) is 60.8 Å². The van der Waals surface area contributed by atoms with E-state index in [-0.39, 0.29) is 0 Å². The van der Waals surface area contributed by atoms with Crippen molar-refractivity contribution in [2.24, 2.45) is 0 Å². The fraction of sp³-hybridized carbons (Fsp3) is 0.321. The Morgan fingerprint density at radius 3 is 2.63 bits per heavy atom. The second-order valence-corrected chi connectivity index (χ2v) is 9.32. The van der Waals surface area contributed by atoms with E-state index in [2.05, 4.69) is 76.2 Å². The standard InChI is InChI=1S/C28H33N7/c1-5-19(17-20(6-2)29-18(3)4)21-13-14-23-26(30-21)27(34-33-23)28-31-22-11-10-12-24(25(22)32-28)35-15-8-7-9-16-35/h5-6,10-14,17-18,29H,2,7-9,15-16H2,1,3-4H3,(H,31,32)(H,33,34)/b19-5+,20-17+. The van der Waals surface area contributed by atoms with Crippen molar-refractivity contribution in [2.75, 3.05) is 18.0 Å². The van der Waals surface area contributed by atoms with E-state index in [1.54, 1.807) is 0 Å². The number of nitrogens with one attached hydrogen (secondary N) is 3. The van der Waals surface area contributed by atoms with Crippen LogP contribution in [0.4, 0.5) is 5.69 Å². The molecule has 0 radical (unpaired) electrons. The second kappa shape index (κ2) is 9.78. The molecule has 7 heteroatoms. The summed E-state index contributed by atoms with van der Waals surface area (Å²) in [6, 6.07) is 10.7. The van der Waals surface area contributed by atoms with E-state index in [0.29, 0.717) is 6.04 Å². The van der Waals surface area contributed by atoms with Crippen LogP contribution in [0.2, 0.25) is 0 Å². The van der Waals surface area contributed by atoms with Crippen molar-refractivity contribution in [1.82, 2.24) is 30.5 Å². The van der Waals surface area contributed by atoms with Gasteiger partial charge in [0.25, 0.3) is 0 Å². The minimum atomic E-state index is 0.316. The minimum absolute atomic E-state index is 0.316. The van der Waals surface area contributed by atoms with Crippen LogP contribution in [0.5, 0.6) is 0 Å². The van der Waals surface area contributed by atoms with Gasteiger partial charge in [-0.05, 0) is 82.0 Å². The molecule has 180 valence electrons. The lowest BCUT2D eigenvalue weighted by Gasteiger charge is -2.28. The number of para-hydroxylation sites is 1. The van der Waals surface area contributed by atoms with Crippen LogP contribution in [0.1, 0.15) is 45.7 Å². The fourth-order valence-corrected chi connectivity index (χ4v) is 4.71. The summed E-state index contributed by atoms with van der Waals surface area (Å²) in [5, 5.41) is 11.1. The zero-order valence-corrected chi connectivity index (χ0v) is 20.7. The molecule has 1 aliphatic rings. The Hall–Kier alpha value is -3.87. The van der Waals surface area contributed by atoms with Crippen molar-refractivity contribution in [1.29, 1.82) is 0 Å². The first-order valence-corrected chi connectivity index (χ1v) is 12.4. The molecule has 1 saturated heterocycles. The number of benzene rings is 1. The average Bonchev–Trinajstić information content (AvgIpc) is 3.50. The van der Waals surface area contributed by atoms with E-state index < -0.39 is 0 Å². The van der Waals surface area contributed by atoms with Crippen molar-refractivity contribution in [2.45, 2.75) is 46.1 Å². The first-order valence-electron chi connectivity index (χ1n) is 12.4.